The van der Waals surface area contributed by atoms with Crippen molar-refractivity contribution >= 4 is 35.6 Å². The molecule has 0 atom stereocenters. The van der Waals surface area contributed by atoms with Crippen LogP contribution in [0.2, 0.25) is 0 Å². The zero-order chi connectivity index (χ0) is 27.9. The first-order chi connectivity index (χ1) is 17.3. The summed E-state index contributed by atoms with van der Waals surface area (Å²) in [6.45, 7) is -1.18. The van der Waals surface area contributed by atoms with E-state index in [0.717, 1.165) is 78.3 Å². The molecule has 0 saturated heterocycles. The molecule has 12 heteroatoms. The maximum absolute atomic E-state index is 13.2. The molecule has 0 aromatic carbocycles. The summed E-state index contributed by atoms with van der Waals surface area (Å²) in [5, 5.41) is 19.7. The Kier molecular flexibility index (Phi) is 10.4. The predicted octanol–water partition coefficient (Wildman–Crippen LogP) is 0.641. The van der Waals surface area contributed by atoms with Crippen LogP contribution >= 0.6 is 0 Å². The van der Waals surface area contributed by atoms with Gasteiger partial charge in [0.1, 0.15) is 0 Å². The molecule has 0 spiro atoms. The van der Waals surface area contributed by atoms with Gasteiger partial charge in [0.25, 0.3) is 11.8 Å². The number of nitrogens with zero attached hydrogens (tertiary/aromatic N) is 4. The van der Waals surface area contributed by atoms with E-state index < -0.39 is 54.1 Å². The maximum Gasteiger partial charge on any atom is 0.340 e. The smallest absolute Gasteiger partial charge is 0.340 e. The number of carboxylic acid groups (broad SMARTS) is 2. The summed E-state index contributed by atoms with van der Waals surface area (Å²) in [7, 11) is 5.35. The van der Waals surface area contributed by atoms with Gasteiger partial charge in [0.15, 0.2) is 0 Å². The van der Waals surface area contributed by atoms with E-state index in [2.05, 4.69) is 0 Å². The molecule has 2 saturated carbocycles. The van der Waals surface area contributed by atoms with Gasteiger partial charge in [0, 0.05) is 40.3 Å². The van der Waals surface area contributed by atoms with E-state index in [0.29, 0.717) is 9.80 Å². The molecule has 0 aromatic rings. The van der Waals surface area contributed by atoms with Gasteiger partial charge in [-0.25, -0.2) is 9.59 Å². The highest BCUT2D eigenvalue weighted by Gasteiger charge is 2.63. The summed E-state index contributed by atoms with van der Waals surface area (Å²) in [5.41, 5.74) is -3.53. The van der Waals surface area contributed by atoms with E-state index in [1.54, 1.807) is 14.1 Å². The lowest BCUT2D eigenvalue weighted by Crippen LogP contribution is -2.62. The van der Waals surface area contributed by atoms with E-state index in [9.17, 15) is 39.0 Å². The minimum absolute atomic E-state index is 0.0200. The van der Waals surface area contributed by atoms with E-state index in [-0.39, 0.29) is 12.1 Å². The standard InChI is InChI=1S/C25H40N4O8/c1-26(15-19(30)28(3)17-11-7-5-8-12-17)21(32)25(23(34)35,24(36)37)22(33)27(2)16-20(31)29(4)18-13-9-6-10-14-18/h17-18H,5-16H2,1-4H3,(H,34,35)(H,36,37). The van der Waals surface area contributed by atoms with Crippen LogP contribution in [0, 0.1) is 5.41 Å². The number of amides is 4. The maximum atomic E-state index is 13.2. The third-order valence-corrected chi connectivity index (χ3v) is 7.75. The summed E-state index contributed by atoms with van der Waals surface area (Å²) < 4.78 is 0. The molecule has 2 aliphatic rings. The van der Waals surface area contributed by atoms with Crippen LogP contribution in [0.3, 0.4) is 0 Å². The van der Waals surface area contributed by atoms with Gasteiger partial charge >= 0.3 is 17.4 Å². The first kappa shape index (κ1) is 30.0. The van der Waals surface area contributed by atoms with Gasteiger partial charge in [-0.1, -0.05) is 38.5 Å². The van der Waals surface area contributed by atoms with Crippen molar-refractivity contribution in [3.05, 3.63) is 0 Å². The number of hydrogen-bond donors (Lipinski definition) is 2. The third kappa shape index (κ3) is 6.58. The molecular weight excluding hydrogens is 484 g/mol. The number of hydrogen-bond acceptors (Lipinski definition) is 6. The molecular formula is C25H40N4O8. The lowest BCUT2D eigenvalue weighted by molar-refractivity contribution is -0.179. The fourth-order valence-corrected chi connectivity index (χ4v) is 5.24. The normalized spacial score (nSPS) is 17.0. The van der Waals surface area contributed by atoms with Crippen LogP contribution in [0.5, 0.6) is 0 Å². The predicted molar refractivity (Wildman–Crippen MR) is 132 cm³/mol. The van der Waals surface area contributed by atoms with Crippen LogP contribution in [0.1, 0.15) is 64.2 Å². The Bertz CT molecular complexity index is 823. The summed E-state index contributed by atoms with van der Waals surface area (Å²) >= 11 is 0. The topological polar surface area (TPSA) is 156 Å². The molecule has 2 N–H and O–H groups in total. The highest BCUT2D eigenvalue weighted by Crippen LogP contribution is 2.27. The van der Waals surface area contributed by atoms with E-state index in [1.165, 1.54) is 9.80 Å². The molecule has 0 bridgehead atoms. The van der Waals surface area contributed by atoms with Crippen molar-refractivity contribution in [3.63, 3.8) is 0 Å². The Morgan fingerprint density at radius 3 is 1.16 bits per heavy atom. The van der Waals surface area contributed by atoms with Crippen molar-refractivity contribution in [2.45, 2.75) is 76.3 Å². The Morgan fingerprint density at radius 2 is 0.892 bits per heavy atom. The summed E-state index contributed by atoms with van der Waals surface area (Å²) in [6, 6.07) is -0.0400. The molecule has 2 rings (SSSR count). The average Bonchev–Trinajstić information content (AvgIpc) is 2.88. The van der Waals surface area contributed by atoms with Crippen LogP contribution in [-0.4, -0.2) is 119 Å². The number of carbonyl (C=O) groups is 6. The second-order valence-electron chi connectivity index (χ2n) is 10.3. The van der Waals surface area contributed by atoms with E-state index >= 15 is 0 Å². The largest absolute Gasteiger partial charge is 0.480 e. The van der Waals surface area contributed by atoms with Gasteiger partial charge in [-0.05, 0) is 25.7 Å². The van der Waals surface area contributed by atoms with Crippen molar-refractivity contribution in [2.24, 2.45) is 5.41 Å². The van der Waals surface area contributed by atoms with Gasteiger partial charge in [0.2, 0.25) is 11.8 Å². The summed E-state index contributed by atoms with van der Waals surface area (Å²) in [6.07, 6.45) is 9.24. The highest BCUT2D eigenvalue weighted by atomic mass is 16.4. The molecule has 0 aliphatic heterocycles. The lowest BCUT2D eigenvalue weighted by Gasteiger charge is -2.35. The van der Waals surface area contributed by atoms with Crippen molar-refractivity contribution in [1.82, 2.24) is 19.6 Å². The Balaban J connectivity index is 2.19. The van der Waals surface area contributed by atoms with Crippen LogP contribution in [0.25, 0.3) is 0 Å². The number of likely N-dealkylation sites (N-methyl/N-ethyl adjacent to an activating group) is 4. The van der Waals surface area contributed by atoms with Crippen molar-refractivity contribution < 1.29 is 39.0 Å². The first-order valence-electron chi connectivity index (χ1n) is 12.8. The van der Waals surface area contributed by atoms with Crippen molar-refractivity contribution in [1.29, 1.82) is 0 Å². The van der Waals surface area contributed by atoms with Crippen LogP contribution in [0.4, 0.5) is 0 Å². The lowest BCUT2D eigenvalue weighted by atomic mass is 9.84. The molecule has 208 valence electrons. The average molecular weight is 525 g/mol. The fourth-order valence-electron chi connectivity index (χ4n) is 5.24. The monoisotopic (exact) mass is 524 g/mol. The Labute approximate surface area is 217 Å². The zero-order valence-electron chi connectivity index (χ0n) is 22.3. The molecule has 0 unspecified atom stereocenters. The molecule has 2 fully saturated rings. The number of rotatable bonds is 10. The molecule has 2 aliphatic carbocycles. The first-order valence-corrected chi connectivity index (χ1v) is 12.8. The van der Waals surface area contributed by atoms with Crippen molar-refractivity contribution in [3.8, 4) is 0 Å². The molecule has 4 amide bonds. The van der Waals surface area contributed by atoms with Gasteiger partial charge in [-0.15, -0.1) is 0 Å². The number of aliphatic carboxylic acids is 2. The molecule has 37 heavy (non-hydrogen) atoms. The zero-order valence-corrected chi connectivity index (χ0v) is 22.3. The summed E-state index contributed by atoms with van der Waals surface area (Å²) in [5.74, 6) is -8.45. The second kappa shape index (κ2) is 12.9. The molecule has 0 heterocycles. The third-order valence-electron chi connectivity index (χ3n) is 7.75. The SMILES string of the molecule is CN(CC(=O)N(C)C1CCCCC1)C(=O)C(C(=O)O)(C(=O)O)C(=O)N(C)CC(=O)N(C)C1CCCCC1. The van der Waals surface area contributed by atoms with Gasteiger partial charge in [0.05, 0.1) is 13.1 Å². The Morgan fingerprint density at radius 1 is 0.595 bits per heavy atom. The number of carbonyl (C=O) groups excluding carboxylic acids is 4. The minimum atomic E-state index is -3.53. The number of carboxylic acids is 2. The van der Waals surface area contributed by atoms with E-state index in [1.807, 2.05) is 0 Å². The van der Waals surface area contributed by atoms with Gasteiger partial charge < -0.3 is 29.8 Å². The fraction of sp³-hybridized carbons (Fsp3) is 0.760. The van der Waals surface area contributed by atoms with Crippen molar-refractivity contribution in [2.75, 3.05) is 41.3 Å². The van der Waals surface area contributed by atoms with Crippen LogP contribution in [-0.2, 0) is 28.8 Å². The molecule has 12 nitrogen and oxygen atoms in total. The second-order valence-corrected chi connectivity index (χ2v) is 10.3. The highest BCUT2D eigenvalue weighted by molar-refractivity contribution is 6.34. The quantitative estimate of drug-likeness (QED) is 0.395. The Hall–Kier alpha value is -3.18. The van der Waals surface area contributed by atoms with Gasteiger partial charge in [-0.2, -0.15) is 0 Å². The van der Waals surface area contributed by atoms with Gasteiger partial charge in [-0.3, -0.25) is 19.2 Å². The van der Waals surface area contributed by atoms with Crippen LogP contribution in [0.15, 0.2) is 0 Å². The molecule has 0 radical (unpaired) electrons. The van der Waals surface area contributed by atoms with Crippen LogP contribution < -0.4 is 0 Å². The molecule has 0 aromatic heterocycles. The minimum Gasteiger partial charge on any atom is -0.480 e. The van der Waals surface area contributed by atoms with E-state index in [4.69, 9.17) is 0 Å². The summed E-state index contributed by atoms with van der Waals surface area (Å²) in [4.78, 5) is 80.8.